The topological polar surface area (TPSA) is 93.2 Å². The monoisotopic (exact) mass is 332 g/mol. The van der Waals surface area contributed by atoms with Gasteiger partial charge in [-0.15, -0.1) is 0 Å². The summed E-state index contributed by atoms with van der Waals surface area (Å²) in [4.78, 5) is 21.3. The lowest BCUT2D eigenvalue weighted by atomic mass is 10.1. The normalized spacial score (nSPS) is 9.31. The summed E-state index contributed by atoms with van der Waals surface area (Å²) in [6.07, 6.45) is 0. The minimum absolute atomic E-state index is 0.0939. The van der Waals surface area contributed by atoms with E-state index in [-0.39, 0.29) is 11.1 Å². The highest BCUT2D eigenvalue weighted by atomic mass is 127. The van der Waals surface area contributed by atoms with Crippen molar-refractivity contribution in [3.63, 3.8) is 0 Å². The van der Waals surface area contributed by atoms with Crippen molar-refractivity contribution in [2.45, 2.75) is 0 Å². The van der Waals surface area contributed by atoms with E-state index in [9.17, 15) is 14.9 Å². The SMILES string of the molecule is COC(=O)c1cc(I)cc([N+](=O)[O-])c1C#N. The van der Waals surface area contributed by atoms with Crippen LogP contribution in [0.25, 0.3) is 0 Å². The Labute approximate surface area is 104 Å². The summed E-state index contributed by atoms with van der Waals surface area (Å²) in [5, 5.41) is 19.5. The first-order valence-electron chi connectivity index (χ1n) is 3.97. The van der Waals surface area contributed by atoms with Crippen molar-refractivity contribution in [3.8, 4) is 6.07 Å². The average Bonchev–Trinajstić information content (AvgIpc) is 2.26. The number of benzene rings is 1. The van der Waals surface area contributed by atoms with Crippen molar-refractivity contribution >= 4 is 34.2 Å². The van der Waals surface area contributed by atoms with E-state index in [0.29, 0.717) is 3.57 Å². The second-order valence-corrected chi connectivity index (χ2v) is 3.95. The van der Waals surface area contributed by atoms with Crippen LogP contribution in [0, 0.1) is 25.0 Å². The molecule has 0 spiro atoms. The second kappa shape index (κ2) is 4.89. The zero-order chi connectivity index (χ0) is 12.3. The quantitative estimate of drug-likeness (QED) is 0.357. The zero-order valence-electron chi connectivity index (χ0n) is 8.06. The molecule has 82 valence electrons. The fraction of sp³-hybridized carbons (Fsp3) is 0.111. The van der Waals surface area contributed by atoms with Gasteiger partial charge in [0.15, 0.2) is 0 Å². The zero-order valence-corrected chi connectivity index (χ0v) is 10.2. The predicted molar refractivity (Wildman–Crippen MR) is 61.9 cm³/mol. The summed E-state index contributed by atoms with van der Waals surface area (Å²) in [6, 6.07) is 4.24. The van der Waals surface area contributed by atoms with Crippen LogP contribution in [0.1, 0.15) is 15.9 Å². The van der Waals surface area contributed by atoms with Gasteiger partial charge >= 0.3 is 5.97 Å². The van der Waals surface area contributed by atoms with Crippen LogP contribution >= 0.6 is 22.6 Å². The molecule has 6 nitrogen and oxygen atoms in total. The van der Waals surface area contributed by atoms with Gasteiger partial charge in [0.25, 0.3) is 5.69 Å². The first-order chi connectivity index (χ1) is 7.51. The number of nitro groups is 1. The summed E-state index contributed by atoms with van der Waals surface area (Å²) in [6.45, 7) is 0. The number of esters is 1. The number of carbonyl (C=O) groups is 1. The Balaban J connectivity index is 3.56. The molecular weight excluding hydrogens is 327 g/mol. The fourth-order valence-corrected chi connectivity index (χ4v) is 1.73. The van der Waals surface area contributed by atoms with E-state index < -0.39 is 16.6 Å². The third kappa shape index (κ3) is 2.27. The van der Waals surface area contributed by atoms with Gasteiger partial charge in [0.1, 0.15) is 11.6 Å². The number of carbonyl (C=O) groups excluding carboxylic acids is 1. The standard InChI is InChI=1S/C9H5IN2O4/c1-16-9(13)6-2-5(10)3-8(12(14)15)7(6)4-11/h2-3H,1H3. The molecule has 1 aromatic carbocycles. The second-order valence-electron chi connectivity index (χ2n) is 2.71. The van der Waals surface area contributed by atoms with Crippen molar-refractivity contribution in [2.75, 3.05) is 7.11 Å². The summed E-state index contributed by atoms with van der Waals surface area (Å²) < 4.78 is 4.94. The highest BCUT2D eigenvalue weighted by molar-refractivity contribution is 14.1. The molecule has 16 heavy (non-hydrogen) atoms. The number of methoxy groups -OCH3 is 1. The lowest BCUT2D eigenvalue weighted by Gasteiger charge is -2.03. The molecule has 7 heteroatoms. The van der Waals surface area contributed by atoms with Crippen LogP contribution in [0.5, 0.6) is 0 Å². The number of halogens is 1. The first-order valence-corrected chi connectivity index (χ1v) is 5.05. The van der Waals surface area contributed by atoms with Crippen molar-refractivity contribution in [1.29, 1.82) is 5.26 Å². The third-order valence-electron chi connectivity index (χ3n) is 1.80. The Morgan fingerprint density at radius 3 is 2.69 bits per heavy atom. The van der Waals surface area contributed by atoms with Crippen molar-refractivity contribution in [1.82, 2.24) is 0 Å². The van der Waals surface area contributed by atoms with Gasteiger partial charge < -0.3 is 4.74 Å². The minimum Gasteiger partial charge on any atom is -0.465 e. The van der Waals surface area contributed by atoms with Gasteiger partial charge in [-0.2, -0.15) is 5.26 Å². The number of rotatable bonds is 2. The molecule has 0 radical (unpaired) electrons. The summed E-state index contributed by atoms with van der Waals surface area (Å²) in [5.74, 6) is -0.766. The maximum absolute atomic E-state index is 11.3. The van der Waals surface area contributed by atoms with Crippen LogP contribution in [-0.2, 0) is 4.74 Å². The molecule has 0 bridgehead atoms. The highest BCUT2D eigenvalue weighted by Crippen LogP contribution is 2.25. The maximum Gasteiger partial charge on any atom is 0.339 e. The molecule has 1 aromatic rings. The number of nitro benzene ring substituents is 1. The van der Waals surface area contributed by atoms with Crippen LogP contribution in [0.15, 0.2) is 12.1 Å². The van der Waals surface area contributed by atoms with Gasteiger partial charge in [0.05, 0.1) is 17.6 Å². The molecular formula is C9H5IN2O4. The third-order valence-corrected chi connectivity index (χ3v) is 2.42. The van der Waals surface area contributed by atoms with E-state index in [1.807, 2.05) is 22.6 Å². The molecule has 0 saturated heterocycles. The van der Waals surface area contributed by atoms with E-state index >= 15 is 0 Å². The number of hydrogen-bond donors (Lipinski definition) is 0. The van der Waals surface area contributed by atoms with E-state index in [4.69, 9.17) is 5.26 Å². The molecule has 0 aliphatic heterocycles. The van der Waals surface area contributed by atoms with Gasteiger partial charge in [0, 0.05) is 9.64 Å². The van der Waals surface area contributed by atoms with Gasteiger partial charge in [-0.3, -0.25) is 10.1 Å². The van der Waals surface area contributed by atoms with Crippen LogP contribution < -0.4 is 0 Å². The van der Waals surface area contributed by atoms with Gasteiger partial charge in [-0.25, -0.2) is 4.79 Å². The minimum atomic E-state index is -0.766. The molecule has 0 aliphatic rings. The smallest absolute Gasteiger partial charge is 0.339 e. The summed E-state index contributed by atoms with van der Waals surface area (Å²) >= 11 is 1.83. The fourth-order valence-electron chi connectivity index (χ4n) is 1.12. The predicted octanol–water partition coefficient (Wildman–Crippen LogP) is 1.86. The molecule has 0 atom stereocenters. The first kappa shape index (κ1) is 12.4. The molecule has 0 aliphatic carbocycles. The van der Waals surface area contributed by atoms with Crippen LogP contribution in [0.2, 0.25) is 0 Å². The van der Waals surface area contributed by atoms with Crippen molar-refractivity contribution in [3.05, 3.63) is 36.9 Å². The molecule has 0 saturated carbocycles. The Morgan fingerprint density at radius 2 is 2.25 bits per heavy atom. The molecule has 0 heterocycles. The van der Waals surface area contributed by atoms with Crippen LogP contribution in [0.3, 0.4) is 0 Å². The van der Waals surface area contributed by atoms with Gasteiger partial charge in [0.2, 0.25) is 0 Å². The lowest BCUT2D eigenvalue weighted by Crippen LogP contribution is -2.07. The van der Waals surface area contributed by atoms with Crippen molar-refractivity contribution < 1.29 is 14.5 Å². The van der Waals surface area contributed by atoms with Gasteiger partial charge in [-0.05, 0) is 28.7 Å². The molecule has 0 aromatic heterocycles. The Kier molecular flexibility index (Phi) is 3.78. The lowest BCUT2D eigenvalue weighted by molar-refractivity contribution is -0.385. The van der Waals surface area contributed by atoms with E-state index in [0.717, 1.165) is 7.11 Å². The average molecular weight is 332 g/mol. The Bertz CT molecular complexity index is 507. The molecule has 0 unspecified atom stereocenters. The Hall–Kier alpha value is -1.69. The molecule has 0 amide bonds. The molecule has 0 fully saturated rings. The van der Waals surface area contributed by atoms with Gasteiger partial charge in [-0.1, -0.05) is 0 Å². The summed E-state index contributed by atoms with van der Waals surface area (Å²) in [5.41, 5.74) is -0.768. The summed E-state index contributed by atoms with van der Waals surface area (Å²) in [7, 11) is 1.15. The Morgan fingerprint density at radius 1 is 1.62 bits per heavy atom. The maximum atomic E-state index is 11.3. The van der Waals surface area contributed by atoms with Crippen LogP contribution in [-0.4, -0.2) is 18.0 Å². The number of nitrogens with zero attached hydrogens (tertiary/aromatic N) is 2. The molecule has 1 rings (SSSR count). The highest BCUT2D eigenvalue weighted by Gasteiger charge is 2.23. The van der Waals surface area contributed by atoms with E-state index in [1.54, 1.807) is 6.07 Å². The van der Waals surface area contributed by atoms with E-state index in [2.05, 4.69) is 4.74 Å². The largest absolute Gasteiger partial charge is 0.465 e. The van der Waals surface area contributed by atoms with Crippen molar-refractivity contribution in [2.24, 2.45) is 0 Å². The van der Waals surface area contributed by atoms with Crippen LogP contribution in [0.4, 0.5) is 5.69 Å². The molecule has 0 N–H and O–H groups in total. The number of hydrogen-bond acceptors (Lipinski definition) is 5. The van der Waals surface area contributed by atoms with E-state index in [1.165, 1.54) is 12.1 Å². The number of nitriles is 1. The number of ether oxygens (including phenoxy) is 1.